The normalized spacial score (nSPS) is 13.6. The van der Waals surface area contributed by atoms with E-state index in [9.17, 15) is 0 Å². The van der Waals surface area contributed by atoms with E-state index in [4.69, 9.17) is 27.9 Å². The number of hydrogen-bond donors (Lipinski definition) is 1. The van der Waals surface area contributed by atoms with E-state index >= 15 is 0 Å². The molecule has 0 fully saturated rings. The fourth-order valence-corrected chi connectivity index (χ4v) is 2.73. The first-order chi connectivity index (χ1) is 10.2. The molecule has 1 aromatic carbocycles. The van der Waals surface area contributed by atoms with Crippen molar-refractivity contribution in [2.75, 3.05) is 30.4 Å². The third-order valence-corrected chi connectivity index (χ3v) is 3.78. The number of hydrogen-bond acceptors (Lipinski definition) is 5. The Balaban J connectivity index is 1.93. The maximum absolute atomic E-state index is 6.09. The van der Waals surface area contributed by atoms with Gasteiger partial charge in [-0.1, -0.05) is 23.2 Å². The average Bonchev–Trinajstić information content (AvgIpc) is 2.48. The molecule has 0 amide bonds. The quantitative estimate of drug-likeness (QED) is 0.939. The van der Waals surface area contributed by atoms with Crippen molar-refractivity contribution < 1.29 is 4.74 Å². The summed E-state index contributed by atoms with van der Waals surface area (Å²) in [5.74, 6) is 1.55. The van der Waals surface area contributed by atoms with E-state index in [1.165, 1.54) is 0 Å². The number of aromatic nitrogens is 2. The minimum Gasteiger partial charge on any atom is -0.496 e. The first-order valence-electron chi connectivity index (χ1n) is 6.52. The van der Waals surface area contributed by atoms with Gasteiger partial charge in [0.2, 0.25) is 0 Å². The minimum absolute atomic E-state index is 0.375. The zero-order chi connectivity index (χ0) is 14.8. The van der Waals surface area contributed by atoms with Crippen molar-refractivity contribution in [2.24, 2.45) is 0 Å². The molecule has 2 aromatic rings. The number of ether oxygens (including phenoxy) is 1. The Morgan fingerprint density at radius 2 is 2.14 bits per heavy atom. The molecule has 1 N–H and O–H groups in total. The van der Waals surface area contributed by atoms with Gasteiger partial charge in [0.15, 0.2) is 11.0 Å². The van der Waals surface area contributed by atoms with Gasteiger partial charge in [0.25, 0.3) is 0 Å². The van der Waals surface area contributed by atoms with Gasteiger partial charge in [0, 0.05) is 36.3 Å². The first kappa shape index (κ1) is 14.2. The summed E-state index contributed by atoms with van der Waals surface area (Å²) in [4.78, 5) is 2.18. The van der Waals surface area contributed by atoms with Crippen LogP contribution in [0.15, 0.2) is 24.3 Å². The molecule has 1 aliphatic rings. The SMILES string of the molecule is COc1ccc(Cl)cc1CN1CCNc2nnc(Cl)cc21. The number of fused-ring (bicyclic) bond motifs is 1. The number of rotatable bonds is 3. The second-order valence-electron chi connectivity index (χ2n) is 4.71. The smallest absolute Gasteiger partial charge is 0.172 e. The fraction of sp³-hybridized carbons (Fsp3) is 0.286. The molecule has 5 nitrogen and oxygen atoms in total. The maximum atomic E-state index is 6.09. The van der Waals surface area contributed by atoms with Gasteiger partial charge in [0.1, 0.15) is 5.75 Å². The molecule has 21 heavy (non-hydrogen) atoms. The molecule has 0 saturated carbocycles. The van der Waals surface area contributed by atoms with Gasteiger partial charge in [-0.15, -0.1) is 10.2 Å². The number of nitrogens with one attached hydrogen (secondary N) is 1. The number of nitrogens with zero attached hydrogens (tertiary/aromatic N) is 3. The molecule has 3 rings (SSSR count). The van der Waals surface area contributed by atoms with E-state index in [1.54, 1.807) is 7.11 Å². The number of methoxy groups -OCH3 is 1. The monoisotopic (exact) mass is 324 g/mol. The highest BCUT2D eigenvalue weighted by Crippen LogP contribution is 2.32. The van der Waals surface area contributed by atoms with Crippen molar-refractivity contribution in [3.63, 3.8) is 0 Å². The molecule has 0 spiro atoms. The molecule has 0 unspecified atom stereocenters. The summed E-state index contributed by atoms with van der Waals surface area (Å²) < 4.78 is 5.40. The Kier molecular flexibility index (Phi) is 4.03. The van der Waals surface area contributed by atoms with Gasteiger partial charge in [-0.05, 0) is 18.2 Å². The lowest BCUT2D eigenvalue weighted by Gasteiger charge is -2.31. The molecule has 0 saturated heterocycles. The van der Waals surface area contributed by atoms with E-state index in [0.717, 1.165) is 35.9 Å². The summed E-state index contributed by atoms with van der Waals surface area (Å²) in [6, 6.07) is 7.42. The van der Waals surface area contributed by atoms with Gasteiger partial charge >= 0.3 is 0 Å². The summed E-state index contributed by atoms with van der Waals surface area (Å²) in [5.41, 5.74) is 1.95. The Bertz CT molecular complexity index is 665. The van der Waals surface area contributed by atoms with Crippen LogP contribution >= 0.6 is 23.2 Å². The summed E-state index contributed by atoms with van der Waals surface area (Å²) in [6.07, 6.45) is 0. The van der Waals surface area contributed by atoms with Gasteiger partial charge in [-0.2, -0.15) is 0 Å². The van der Waals surface area contributed by atoms with Crippen molar-refractivity contribution in [1.82, 2.24) is 10.2 Å². The zero-order valence-corrected chi connectivity index (χ0v) is 12.9. The van der Waals surface area contributed by atoms with E-state index < -0.39 is 0 Å². The zero-order valence-electron chi connectivity index (χ0n) is 11.4. The van der Waals surface area contributed by atoms with Gasteiger partial charge in [-0.25, -0.2) is 0 Å². The second kappa shape index (κ2) is 5.95. The second-order valence-corrected chi connectivity index (χ2v) is 5.53. The molecule has 0 bridgehead atoms. The molecule has 110 valence electrons. The Labute approximate surface area is 132 Å². The summed E-state index contributed by atoms with van der Waals surface area (Å²) >= 11 is 12.0. The fourth-order valence-electron chi connectivity index (χ4n) is 2.40. The van der Waals surface area contributed by atoms with Crippen molar-refractivity contribution in [1.29, 1.82) is 0 Å². The van der Waals surface area contributed by atoms with Crippen molar-refractivity contribution in [3.8, 4) is 5.75 Å². The maximum Gasteiger partial charge on any atom is 0.172 e. The van der Waals surface area contributed by atoms with Crippen LogP contribution in [0.5, 0.6) is 5.75 Å². The molecule has 1 aromatic heterocycles. The lowest BCUT2D eigenvalue weighted by molar-refractivity contribution is 0.409. The van der Waals surface area contributed by atoms with E-state index in [2.05, 4.69) is 20.4 Å². The number of anilines is 2. The highest BCUT2D eigenvalue weighted by Gasteiger charge is 2.20. The highest BCUT2D eigenvalue weighted by atomic mass is 35.5. The topological polar surface area (TPSA) is 50.3 Å². The predicted octanol–water partition coefficient (Wildman–Crippen LogP) is 3.22. The molecule has 0 radical (unpaired) electrons. The Morgan fingerprint density at radius 1 is 1.29 bits per heavy atom. The lowest BCUT2D eigenvalue weighted by Crippen LogP contribution is -2.34. The van der Waals surface area contributed by atoms with Crippen LogP contribution in [-0.4, -0.2) is 30.4 Å². The predicted molar refractivity (Wildman–Crippen MR) is 84.6 cm³/mol. The van der Waals surface area contributed by atoms with Crippen molar-refractivity contribution in [2.45, 2.75) is 6.54 Å². The molecule has 7 heteroatoms. The van der Waals surface area contributed by atoms with E-state index in [-0.39, 0.29) is 0 Å². The van der Waals surface area contributed by atoms with E-state index in [0.29, 0.717) is 16.7 Å². The minimum atomic E-state index is 0.375. The lowest BCUT2D eigenvalue weighted by atomic mass is 10.1. The Hall–Kier alpha value is -1.72. The van der Waals surface area contributed by atoms with Crippen molar-refractivity contribution >= 4 is 34.7 Å². The van der Waals surface area contributed by atoms with Crippen molar-refractivity contribution in [3.05, 3.63) is 40.0 Å². The number of halogens is 2. The van der Waals surface area contributed by atoms with Crippen LogP contribution in [0.2, 0.25) is 10.2 Å². The number of benzene rings is 1. The van der Waals surface area contributed by atoms with Gasteiger partial charge in [0.05, 0.1) is 12.8 Å². The molecule has 0 atom stereocenters. The molecular weight excluding hydrogens is 311 g/mol. The molecule has 0 aliphatic carbocycles. The van der Waals surface area contributed by atoms with Crippen LogP contribution in [0.25, 0.3) is 0 Å². The van der Waals surface area contributed by atoms with Crippen LogP contribution in [-0.2, 0) is 6.54 Å². The third kappa shape index (κ3) is 2.99. The first-order valence-corrected chi connectivity index (χ1v) is 7.27. The van der Waals surface area contributed by atoms with Crippen LogP contribution in [0.4, 0.5) is 11.5 Å². The van der Waals surface area contributed by atoms with Crippen LogP contribution in [0.3, 0.4) is 0 Å². The van der Waals surface area contributed by atoms with Crippen LogP contribution < -0.4 is 15.0 Å². The van der Waals surface area contributed by atoms with Crippen LogP contribution in [0, 0.1) is 0 Å². The van der Waals surface area contributed by atoms with Crippen LogP contribution in [0.1, 0.15) is 5.56 Å². The summed E-state index contributed by atoms with van der Waals surface area (Å²) in [6.45, 7) is 2.30. The highest BCUT2D eigenvalue weighted by molar-refractivity contribution is 6.30. The van der Waals surface area contributed by atoms with E-state index in [1.807, 2.05) is 24.3 Å². The Morgan fingerprint density at radius 3 is 2.95 bits per heavy atom. The summed E-state index contributed by atoms with van der Waals surface area (Å²) in [7, 11) is 1.65. The third-order valence-electron chi connectivity index (χ3n) is 3.36. The van der Waals surface area contributed by atoms with Gasteiger partial charge in [-0.3, -0.25) is 0 Å². The molecule has 1 aliphatic heterocycles. The summed E-state index contributed by atoms with van der Waals surface area (Å²) in [5, 5.41) is 12.2. The largest absolute Gasteiger partial charge is 0.496 e. The standard InChI is InChI=1S/C14H14Cl2N4O/c1-21-12-3-2-10(15)6-9(12)8-20-5-4-17-14-11(20)7-13(16)18-19-14/h2-3,6-7H,4-5,8H2,1H3,(H,17,19). The average molecular weight is 325 g/mol. The molecular formula is C14H14Cl2N4O. The molecule has 2 heterocycles. The van der Waals surface area contributed by atoms with Gasteiger partial charge < -0.3 is 15.0 Å².